The SMILES string of the molecule is CC.Cc1ccc(CCNC(=O)OC(C)(C)C)c(C)c1.Cc1cccc(C(F)(F)F)c1. The Morgan fingerprint density at radius 2 is 1.52 bits per heavy atom. The summed E-state index contributed by atoms with van der Waals surface area (Å²) in [7, 11) is 0. The Labute approximate surface area is 185 Å². The number of carbonyl (C=O) groups is 1. The number of amides is 1. The molecule has 6 heteroatoms. The highest BCUT2D eigenvalue weighted by molar-refractivity contribution is 5.67. The van der Waals surface area contributed by atoms with Crippen LogP contribution in [0.15, 0.2) is 42.5 Å². The van der Waals surface area contributed by atoms with Crippen molar-refractivity contribution in [3.05, 3.63) is 70.3 Å². The molecule has 0 saturated heterocycles. The van der Waals surface area contributed by atoms with Crippen molar-refractivity contribution in [2.45, 2.75) is 73.6 Å². The van der Waals surface area contributed by atoms with Crippen LogP contribution < -0.4 is 5.32 Å². The van der Waals surface area contributed by atoms with Crippen LogP contribution in [0, 0.1) is 20.8 Å². The van der Waals surface area contributed by atoms with E-state index in [0.717, 1.165) is 18.6 Å². The van der Waals surface area contributed by atoms with Crippen molar-refractivity contribution >= 4 is 6.09 Å². The number of alkyl halides is 3. The van der Waals surface area contributed by atoms with Crippen molar-refractivity contribution in [2.24, 2.45) is 0 Å². The average molecular weight is 440 g/mol. The molecule has 0 aromatic heterocycles. The van der Waals surface area contributed by atoms with Crippen LogP contribution in [0.25, 0.3) is 0 Å². The Balaban J connectivity index is 0.000000591. The number of ether oxygens (including phenoxy) is 1. The van der Waals surface area contributed by atoms with Crippen LogP contribution in [0.1, 0.15) is 62.4 Å². The fraction of sp³-hybridized carbons (Fsp3) is 0.480. The lowest BCUT2D eigenvalue weighted by atomic mass is 10.0. The summed E-state index contributed by atoms with van der Waals surface area (Å²) in [5.41, 5.74) is 3.38. The van der Waals surface area contributed by atoms with Gasteiger partial charge in [0.2, 0.25) is 0 Å². The van der Waals surface area contributed by atoms with Crippen LogP contribution in [0.4, 0.5) is 18.0 Å². The molecule has 0 aliphatic rings. The first-order chi connectivity index (χ1) is 14.3. The van der Waals surface area contributed by atoms with E-state index in [1.54, 1.807) is 13.0 Å². The first kappa shape index (κ1) is 28.5. The molecule has 2 aromatic carbocycles. The summed E-state index contributed by atoms with van der Waals surface area (Å²) >= 11 is 0. The van der Waals surface area contributed by atoms with E-state index in [1.165, 1.54) is 22.8 Å². The van der Waals surface area contributed by atoms with Gasteiger partial charge in [0.15, 0.2) is 0 Å². The Morgan fingerprint density at radius 1 is 0.935 bits per heavy atom. The third kappa shape index (κ3) is 12.7. The number of rotatable bonds is 3. The molecule has 3 nitrogen and oxygen atoms in total. The predicted octanol–water partition coefficient (Wildman–Crippen LogP) is 7.41. The lowest BCUT2D eigenvalue weighted by Crippen LogP contribution is -2.33. The van der Waals surface area contributed by atoms with E-state index in [4.69, 9.17) is 4.74 Å². The molecular weight excluding hydrogens is 403 g/mol. The highest BCUT2D eigenvalue weighted by Gasteiger charge is 2.29. The van der Waals surface area contributed by atoms with Gasteiger partial charge in [0.1, 0.15) is 5.60 Å². The fourth-order valence-corrected chi connectivity index (χ4v) is 2.56. The first-order valence-electron chi connectivity index (χ1n) is 10.4. The molecule has 0 bridgehead atoms. The molecule has 0 unspecified atom stereocenters. The van der Waals surface area contributed by atoms with Gasteiger partial charge in [0.05, 0.1) is 5.56 Å². The molecular formula is C25H36F3NO2. The van der Waals surface area contributed by atoms with Crippen LogP contribution in [-0.2, 0) is 17.3 Å². The van der Waals surface area contributed by atoms with Gasteiger partial charge in [0, 0.05) is 6.54 Å². The summed E-state index contributed by atoms with van der Waals surface area (Å²) < 4.78 is 41.1. The topological polar surface area (TPSA) is 38.3 Å². The second-order valence-electron chi connectivity index (χ2n) is 7.98. The Kier molecular flexibility index (Phi) is 12.0. The Morgan fingerprint density at radius 3 is 1.97 bits per heavy atom. The molecule has 1 amide bonds. The minimum Gasteiger partial charge on any atom is -0.444 e. The van der Waals surface area contributed by atoms with E-state index < -0.39 is 17.3 Å². The van der Waals surface area contributed by atoms with Gasteiger partial charge in [0.25, 0.3) is 0 Å². The summed E-state index contributed by atoms with van der Waals surface area (Å²) in [6.07, 6.45) is -3.75. The molecule has 2 aromatic rings. The number of nitrogens with one attached hydrogen (secondary N) is 1. The zero-order valence-corrected chi connectivity index (χ0v) is 19.9. The molecule has 0 fully saturated rings. The number of benzene rings is 2. The number of hydrogen-bond acceptors (Lipinski definition) is 2. The molecule has 0 atom stereocenters. The zero-order chi connectivity index (χ0) is 24.2. The maximum absolute atomic E-state index is 12.0. The van der Waals surface area contributed by atoms with Crippen LogP contribution in [0.3, 0.4) is 0 Å². The van der Waals surface area contributed by atoms with E-state index in [9.17, 15) is 18.0 Å². The molecule has 0 heterocycles. The monoisotopic (exact) mass is 439 g/mol. The number of halogens is 3. The Hall–Kier alpha value is -2.50. The highest BCUT2D eigenvalue weighted by Crippen LogP contribution is 2.29. The van der Waals surface area contributed by atoms with Crippen molar-refractivity contribution in [1.29, 1.82) is 0 Å². The van der Waals surface area contributed by atoms with Crippen molar-refractivity contribution < 1.29 is 22.7 Å². The number of hydrogen-bond donors (Lipinski definition) is 1. The number of carbonyl (C=O) groups excluding carboxylic acids is 1. The lowest BCUT2D eigenvalue weighted by molar-refractivity contribution is -0.137. The van der Waals surface area contributed by atoms with Gasteiger partial charge in [-0.25, -0.2) is 4.79 Å². The molecule has 0 spiro atoms. The predicted molar refractivity (Wildman–Crippen MR) is 121 cm³/mol. The van der Waals surface area contributed by atoms with Gasteiger partial charge < -0.3 is 10.1 Å². The largest absolute Gasteiger partial charge is 0.444 e. The lowest BCUT2D eigenvalue weighted by Gasteiger charge is -2.19. The van der Waals surface area contributed by atoms with Gasteiger partial charge in [-0.3, -0.25) is 0 Å². The zero-order valence-electron chi connectivity index (χ0n) is 19.9. The van der Waals surface area contributed by atoms with Crippen LogP contribution >= 0.6 is 0 Å². The smallest absolute Gasteiger partial charge is 0.416 e. The van der Waals surface area contributed by atoms with Crippen molar-refractivity contribution in [1.82, 2.24) is 5.32 Å². The highest BCUT2D eigenvalue weighted by atomic mass is 19.4. The summed E-state index contributed by atoms with van der Waals surface area (Å²) in [6.45, 7) is 16.0. The molecule has 174 valence electrons. The average Bonchev–Trinajstić information content (AvgIpc) is 2.64. The van der Waals surface area contributed by atoms with Crippen molar-refractivity contribution in [3.63, 3.8) is 0 Å². The van der Waals surface area contributed by atoms with E-state index in [1.807, 2.05) is 34.6 Å². The summed E-state index contributed by atoms with van der Waals surface area (Å²) in [4.78, 5) is 11.5. The second-order valence-corrected chi connectivity index (χ2v) is 7.98. The molecule has 31 heavy (non-hydrogen) atoms. The van der Waals surface area contributed by atoms with Gasteiger partial charge in [-0.1, -0.05) is 61.4 Å². The van der Waals surface area contributed by atoms with Crippen molar-refractivity contribution in [3.8, 4) is 0 Å². The summed E-state index contributed by atoms with van der Waals surface area (Å²) in [5, 5.41) is 2.77. The third-order valence-electron chi connectivity index (χ3n) is 3.91. The maximum atomic E-state index is 12.0. The summed E-state index contributed by atoms with van der Waals surface area (Å²) in [6, 6.07) is 11.6. The normalized spacial score (nSPS) is 10.8. The van der Waals surface area contributed by atoms with Crippen molar-refractivity contribution in [2.75, 3.05) is 6.54 Å². The van der Waals surface area contributed by atoms with Crippen LogP contribution in [0.2, 0.25) is 0 Å². The third-order valence-corrected chi connectivity index (χ3v) is 3.91. The standard InChI is InChI=1S/C15H23NO2.C8H7F3.C2H6/c1-11-6-7-13(12(2)10-11)8-9-16-14(17)18-15(3,4)5;1-6-3-2-4-7(5-6)8(9,10)11;1-2/h6-7,10H,8-9H2,1-5H3,(H,16,17);2-5H,1H3;1-2H3. The fourth-order valence-electron chi connectivity index (χ4n) is 2.56. The van der Waals surface area contributed by atoms with E-state index in [0.29, 0.717) is 12.1 Å². The van der Waals surface area contributed by atoms with Gasteiger partial charge in [-0.15, -0.1) is 0 Å². The van der Waals surface area contributed by atoms with E-state index >= 15 is 0 Å². The van der Waals surface area contributed by atoms with Crippen LogP contribution in [-0.4, -0.2) is 18.2 Å². The Bertz CT molecular complexity index is 809. The molecule has 0 aliphatic heterocycles. The first-order valence-corrected chi connectivity index (χ1v) is 10.4. The van der Waals surface area contributed by atoms with Crippen LogP contribution in [0.5, 0.6) is 0 Å². The van der Waals surface area contributed by atoms with Gasteiger partial charge in [-0.05, 0) is 65.2 Å². The molecule has 0 saturated carbocycles. The number of aryl methyl sites for hydroxylation is 3. The minimum absolute atomic E-state index is 0.354. The van der Waals surface area contributed by atoms with E-state index in [2.05, 4.69) is 37.4 Å². The molecule has 1 N–H and O–H groups in total. The maximum Gasteiger partial charge on any atom is 0.416 e. The number of alkyl carbamates (subject to hydrolysis) is 1. The van der Waals surface area contributed by atoms with Gasteiger partial charge >= 0.3 is 12.3 Å². The minimum atomic E-state index is -4.22. The second kappa shape index (κ2) is 13.0. The summed E-state index contributed by atoms with van der Waals surface area (Å²) in [5.74, 6) is 0. The van der Waals surface area contributed by atoms with E-state index in [-0.39, 0.29) is 6.09 Å². The molecule has 0 radical (unpaired) electrons. The molecule has 2 rings (SSSR count). The quantitative estimate of drug-likeness (QED) is 0.541. The molecule has 0 aliphatic carbocycles. The van der Waals surface area contributed by atoms with Gasteiger partial charge in [-0.2, -0.15) is 13.2 Å².